The number of halogens is 1. The molecule has 1 aromatic heterocycles. The number of fused-ring (bicyclic) bond motifs is 1. The van der Waals surface area contributed by atoms with Gasteiger partial charge in [0.15, 0.2) is 0 Å². The Hall–Kier alpha value is -6.88. The molecule has 9 rings (SSSR count). The number of aromatic amines is 1. The standard InChI is InChI=1S/C54H58ClN7O8S/c1-54(2)21-18-40(47(33-54)38-8-10-41(55)11-9-38)35-59-24-26-60(27-25-59)42-12-15-46(51(31-42)70-44-13-16-48-39(30-44)19-22-56-48)52(63)58-71(68,69)45-14-17-49(50(32-45)62(66)67)57-34-37-20-23-61(53(64)65)43(29-37)28-36-6-4-3-5-7-36/h3-17,19,22,30-32,37,43,56-57H,18,20-21,23-29,33-35H2,1-2H3,(H,58,63)(H,64,65). The fourth-order valence-electron chi connectivity index (χ4n) is 10.2. The zero-order valence-corrected chi connectivity index (χ0v) is 41.3. The summed E-state index contributed by atoms with van der Waals surface area (Å²) in [7, 11) is -4.64. The van der Waals surface area contributed by atoms with Crippen molar-refractivity contribution in [1.29, 1.82) is 0 Å². The number of rotatable bonds is 15. The molecule has 5 aromatic carbocycles. The molecule has 2 aliphatic heterocycles. The van der Waals surface area contributed by atoms with Gasteiger partial charge in [0.1, 0.15) is 17.2 Å². The van der Waals surface area contributed by atoms with E-state index in [1.165, 1.54) is 33.7 Å². The molecule has 2 unspecified atom stereocenters. The van der Waals surface area contributed by atoms with Gasteiger partial charge in [0.2, 0.25) is 0 Å². The van der Waals surface area contributed by atoms with Gasteiger partial charge in [0.25, 0.3) is 21.6 Å². The number of sulfonamides is 1. The van der Waals surface area contributed by atoms with Crippen LogP contribution in [0.15, 0.2) is 132 Å². The summed E-state index contributed by atoms with van der Waals surface area (Å²) in [6, 6.07) is 33.4. The average Bonchev–Trinajstić information content (AvgIpc) is 3.82. The molecular weight excluding hydrogens is 942 g/mol. The van der Waals surface area contributed by atoms with Crippen molar-refractivity contribution in [3.05, 3.63) is 159 Å². The van der Waals surface area contributed by atoms with Crippen LogP contribution in [0.4, 0.5) is 21.9 Å². The molecular formula is C54H58ClN7O8S. The number of piperidine rings is 1. The molecule has 71 heavy (non-hydrogen) atoms. The molecule has 17 heteroatoms. The third-order valence-corrected chi connectivity index (χ3v) is 15.7. The fourth-order valence-corrected chi connectivity index (χ4v) is 11.3. The monoisotopic (exact) mass is 999 g/mol. The van der Waals surface area contributed by atoms with Crippen molar-refractivity contribution in [2.45, 2.75) is 63.3 Å². The third kappa shape index (κ3) is 11.7. The maximum Gasteiger partial charge on any atom is 0.407 e. The van der Waals surface area contributed by atoms with Crippen molar-refractivity contribution in [3.63, 3.8) is 0 Å². The van der Waals surface area contributed by atoms with Crippen LogP contribution in [-0.2, 0) is 16.4 Å². The van der Waals surface area contributed by atoms with E-state index in [4.69, 9.17) is 16.3 Å². The zero-order chi connectivity index (χ0) is 49.9. The second kappa shape index (κ2) is 20.8. The van der Waals surface area contributed by atoms with Crippen LogP contribution in [0.25, 0.3) is 16.5 Å². The Morgan fingerprint density at radius 1 is 0.930 bits per heavy atom. The summed E-state index contributed by atoms with van der Waals surface area (Å²) < 4.78 is 36.4. The van der Waals surface area contributed by atoms with Crippen LogP contribution >= 0.6 is 11.6 Å². The van der Waals surface area contributed by atoms with Gasteiger partial charge >= 0.3 is 6.09 Å². The Labute approximate surface area is 418 Å². The SMILES string of the molecule is CC1(C)CCC(CN2CCN(c3ccc(C(=O)NS(=O)(=O)c4ccc(NCC5CCN(C(=O)O)C(Cc6ccccc6)C5)c([N+](=O)[O-])c4)c(Oc4ccc5[nH]ccc5c4)c3)CC2)=C(c2ccc(Cl)cc2)C1. The molecule has 0 bridgehead atoms. The summed E-state index contributed by atoms with van der Waals surface area (Å²) in [5.41, 5.74) is 6.58. The number of nitro benzene ring substituents is 1. The summed E-state index contributed by atoms with van der Waals surface area (Å²) in [6.45, 7) is 9.20. The number of ether oxygens (including phenoxy) is 1. The van der Waals surface area contributed by atoms with E-state index in [-0.39, 0.29) is 34.4 Å². The number of likely N-dealkylation sites (tertiary alicyclic amines) is 1. The second-order valence-corrected chi connectivity index (χ2v) is 21.8. The van der Waals surface area contributed by atoms with Crippen molar-refractivity contribution >= 4 is 67.2 Å². The van der Waals surface area contributed by atoms with Gasteiger partial charge in [-0.2, -0.15) is 0 Å². The van der Waals surface area contributed by atoms with Gasteiger partial charge in [-0.05, 0) is 127 Å². The van der Waals surface area contributed by atoms with Crippen molar-refractivity contribution in [1.82, 2.24) is 19.5 Å². The summed E-state index contributed by atoms with van der Waals surface area (Å²) in [6.07, 6.45) is 5.60. The van der Waals surface area contributed by atoms with Gasteiger partial charge in [-0.3, -0.25) is 19.8 Å². The predicted octanol–water partition coefficient (Wildman–Crippen LogP) is 10.8. The van der Waals surface area contributed by atoms with E-state index in [0.717, 1.165) is 72.1 Å². The first-order chi connectivity index (χ1) is 34.1. The minimum Gasteiger partial charge on any atom is -0.465 e. The molecule has 2 saturated heterocycles. The molecule has 3 aliphatic rings. The molecule has 370 valence electrons. The fraction of sp³-hybridized carbons (Fsp3) is 0.333. The Morgan fingerprint density at radius 3 is 2.45 bits per heavy atom. The number of hydrogen-bond acceptors (Lipinski definition) is 10. The number of allylic oxidation sites excluding steroid dienone is 1. The molecule has 4 N–H and O–H groups in total. The van der Waals surface area contributed by atoms with Gasteiger partial charge < -0.3 is 29.9 Å². The number of nitro groups is 1. The van der Waals surface area contributed by atoms with Gasteiger partial charge in [-0.15, -0.1) is 0 Å². The van der Waals surface area contributed by atoms with E-state index >= 15 is 0 Å². The number of anilines is 2. The zero-order valence-electron chi connectivity index (χ0n) is 39.8. The van der Waals surface area contributed by atoms with E-state index in [0.29, 0.717) is 51.2 Å². The van der Waals surface area contributed by atoms with Gasteiger partial charge in [-0.25, -0.2) is 17.9 Å². The van der Waals surface area contributed by atoms with Crippen LogP contribution in [0.2, 0.25) is 5.02 Å². The normalized spacial score (nSPS) is 18.6. The van der Waals surface area contributed by atoms with E-state index in [9.17, 15) is 33.2 Å². The molecule has 3 heterocycles. The highest BCUT2D eigenvalue weighted by molar-refractivity contribution is 7.90. The van der Waals surface area contributed by atoms with Crippen LogP contribution in [0.1, 0.15) is 67.4 Å². The summed E-state index contributed by atoms with van der Waals surface area (Å²) >= 11 is 6.26. The molecule has 0 radical (unpaired) electrons. The minimum atomic E-state index is -4.64. The molecule has 15 nitrogen and oxygen atoms in total. The molecule has 0 spiro atoms. The van der Waals surface area contributed by atoms with Crippen LogP contribution in [0.3, 0.4) is 0 Å². The molecule has 1 aliphatic carbocycles. The van der Waals surface area contributed by atoms with Crippen molar-refractivity contribution < 1.29 is 32.8 Å². The van der Waals surface area contributed by atoms with Crippen molar-refractivity contribution in [2.24, 2.45) is 11.3 Å². The second-order valence-electron chi connectivity index (χ2n) is 19.7. The number of amides is 2. The topological polar surface area (TPSA) is 190 Å². The average molecular weight is 1000 g/mol. The predicted molar refractivity (Wildman–Crippen MR) is 277 cm³/mol. The van der Waals surface area contributed by atoms with E-state index in [1.54, 1.807) is 24.3 Å². The Bertz CT molecular complexity index is 3080. The van der Waals surface area contributed by atoms with Crippen LogP contribution < -0.4 is 19.7 Å². The lowest BCUT2D eigenvalue weighted by Crippen LogP contribution is -2.47. The van der Waals surface area contributed by atoms with Gasteiger partial charge in [0.05, 0.1) is 15.4 Å². The highest BCUT2D eigenvalue weighted by Gasteiger charge is 2.33. The van der Waals surface area contributed by atoms with Crippen LogP contribution in [0.5, 0.6) is 11.5 Å². The van der Waals surface area contributed by atoms with Gasteiger partial charge in [0, 0.05) is 91.8 Å². The summed E-state index contributed by atoms with van der Waals surface area (Å²) in [5, 5.41) is 27.0. The molecule has 2 amide bonds. The smallest absolute Gasteiger partial charge is 0.407 e. The molecule has 0 saturated carbocycles. The number of carbonyl (C=O) groups is 2. The van der Waals surface area contributed by atoms with Crippen molar-refractivity contribution in [2.75, 3.05) is 56.0 Å². The van der Waals surface area contributed by atoms with Crippen molar-refractivity contribution in [3.8, 4) is 11.5 Å². The Balaban J connectivity index is 0.899. The first kappa shape index (κ1) is 49.1. The quantitative estimate of drug-likeness (QED) is 0.0566. The van der Waals surface area contributed by atoms with E-state index in [1.807, 2.05) is 66.9 Å². The molecule has 6 aromatic rings. The first-order valence-corrected chi connectivity index (χ1v) is 25.9. The number of piperazine rings is 1. The Kier molecular flexibility index (Phi) is 14.4. The number of nitrogens with zero attached hydrogens (tertiary/aromatic N) is 4. The molecule has 2 fully saturated rings. The van der Waals surface area contributed by atoms with Gasteiger partial charge in [-0.1, -0.05) is 73.5 Å². The minimum absolute atomic E-state index is 0.00841. The lowest BCUT2D eigenvalue weighted by Gasteiger charge is -2.39. The number of hydrogen-bond donors (Lipinski definition) is 4. The number of aromatic nitrogens is 1. The third-order valence-electron chi connectivity index (χ3n) is 14.2. The number of benzene rings is 5. The highest BCUT2D eigenvalue weighted by Crippen LogP contribution is 2.44. The Morgan fingerprint density at radius 2 is 1.70 bits per heavy atom. The maximum absolute atomic E-state index is 14.1. The van der Waals surface area contributed by atoms with E-state index < -0.39 is 37.5 Å². The maximum atomic E-state index is 14.1. The largest absolute Gasteiger partial charge is 0.465 e. The van der Waals surface area contributed by atoms with Crippen LogP contribution in [0, 0.1) is 21.4 Å². The lowest BCUT2D eigenvalue weighted by atomic mass is 9.72. The first-order valence-electron chi connectivity index (χ1n) is 24.0. The lowest BCUT2D eigenvalue weighted by molar-refractivity contribution is -0.384. The van der Waals surface area contributed by atoms with Crippen LogP contribution in [-0.4, -0.2) is 97.1 Å². The summed E-state index contributed by atoms with van der Waals surface area (Å²) in [5.74, 6) is -0.400. The summed E-state index contributed by atoms with van der Waals surface area (Å²) in [4.78, 5) is 46.8. The number of H-pyrrole nitrogens is 1. The van der Waals surface area contributed by atoms with E-state index in [2.05, 4.69) is 50.8 Å². The highest BCUT2D eigenvalue weighted by atomic mass is 35.5. The number of carboxylic acid groups (broad SMARTS) is 1. The number of nitrogens with one attached hydrogen (secondary N) is 3. The molecule has 2 atom stereocenters. The number of carbonyl (C=O) groups excluding carboxylic acids is 1.